The lowest BCUT2D eigenvalue weighted by atomic mass is 10.1. The molecule has 3 nitrogen and oxygen atoms in total. The van der Waals surface area contributed by atoms with E-state index >= 15 is 0 Å². The number of carbonyl (C=O) groups is 1. The summed E-state index contributed by atoms with van der Waals surface area (Å²) in [6.45, 7) is 4.19. The molecule has 0 fully saturated rings. The fraction of sp³-hybridized carbons (Fsp3) is 0.263. The zero-order valence-corrected chi connectivity index (χ0v) is 15.9. The van der Waals surface area contributed by atoms with E-state index in [4.69, 9.17) is 0 Å². The second kappa shape index (κ2) is 6.95. The Morgan fingerprint density at radius 2 is 1.92 bits per heavy atom. The minimum absolute atomic E-state index is 0.108. The molecule has 0 atom stereocenters. The van der Waals surface area contributed by atoms with Gasteiger partial charge in [0.2, 0.25) is 0 Å². The number of thiazole rings is 1. The molecule has 0 spiro atoms. The molecule has 1 aromatic heterocycles. The van der Waals surface area contributed by atoms with Gasteiger partial charge < -0.3 is 4.57 Å². The average molecular weight is 357 g/mol. The fourth-order valence-corrected chi connectivity index (χ4v) is 4.47. The van der Waals surface area contributed by atoms with Gasteiger partial charge >= 0.3 is 0 Å². The molecule has 3 aromatic rings. The Bertz CT molecular complexity index is 965. The first-order valence-electron chi connectivity index (χ1n) is 7.75. The quantitative estimate of drug-likeness (QED) is 0.658. The highest BCUT2D eigenvalue weighted by Gasteiger charge is 2.08. The van der Waals surface area contributed by atoms with Crippen LogP contribution in [0.1, 0.15) is 16.7 Å². The van der Waals surface area contributed by atoms with E-state index < -0.39 is 0 Å². The Kier molecular flexibility index (Phi) is 4.92. The SMILES string of the molecule is CSc1ccc(CC(=O)N=c2sc3cc(C)cc(C)c3n2C)cc1. The fourth-order valence-electron chi connectivity index (χ4n) is 2.85. The summed E-state index contributed by atoms with van der Waals surface area (Å²) in [6, 6.07) is 12.4. The Hall–Kier alpha value is -1.85. The van der Waals surface area contributed by atoms with Gasteiger partial charge in [-0.2, -0.15) is 4.99 Å². The van der Waals surface area contributed by atoms with Crippen molar-refractivity contribution >= 4 is 39.2 Å². The number of amides is 1. The van der Waals surface area contributed by atoms with Crippen LogP contribution < -0.4 is 4.80 Å². The molecule has 0 unspecified atom stereocenters. The van der Waals surface area contributed by atoms with E-state index in [0.717, 1.165) is 15.9 Å². The van der Waals surface area contributed by atoms with E-state index in [-0.39, 0.29) is 5.91 Å². The van der Waals surface area contributed by atoms with Crippen molar-refractivity contribution in [2.75, 3.05) is 6.26 Å². The molecule has 2 aromatic carbocycles. The molecule has 0 saturated heterocycles. The van der Waals surface area contributed by atoms with Crippen molar-refractivity contribution in [3.8, 4) is 0 Å². The molecule has 5 heteroatoms. The number of carbonyl (C=O) groups excluding carboxylic acids is 1. The Labute approximate surface area is 150 Å². The molecule has 0 aliphatic heterocycles. The van der Waals surface area contributed by atoms with Gasteiger partial charge in [0.15, 0.2) is 4.80 Å². The maximum atomic E-state index is 12.3. The second-order valence-corrected chi connectivity index (χ2v) is 7.79. The van der Waals surface area contributed by atoms with Crippen LogP contribution in [0.3, 0.4) is 0 Å². The lowest BCUT2D eigenvalue weighted by Crippen LogP contribution is -2.14. The summed E-state index contributed by atoms with van der Waals surface area (Å²) in [7, 11) is 1.97. The summed E-state index contributed by atoms with van der Waals surface area (Å²) in [5.41, 5.74) is 4.60. The number of aromatic nitrogens is 1. The number of aryl methyl sites for hydroxylation is 3. The maximum absolute atomic E-state index is 12.3. The Morgan fingerprint density at radius 3 is 2.58 bits per heavy atom. The van der Waals surface area contributed by atoms with Crippen molar-refractivity contribution in [3.63, 3.8) is 0 Å². The van der Waals surface area contributed by atoms with Gasteiger partial charge in [-0.15, -0.1) is 11.8 Å². The van der Waals surface area contributed by atoms with E-state index in [1.54, 1.807) is 23.1 Å². The van der Waals surface area contributed by atoms with Crippen molar-refractivity contribution in [1.29, 1.82) is 0 Å². The van der Waals surface area contributed by atoms with Crippen LogP contribution in [0.4, 0.5) is 0 Å². The molecule has 0 radical (unpaired) electrons. The smallest absolute Gasteiger partial charge is 0.252 e. The van der Waals surface area contributed by atoms with Gasteiger partial charge in [0.05, 0.1) is 16.6 Å². The molecule has 3 rings (SSSR count). The minimum atomic E-state index is -0.108. The van der Waals surface area contributed by atoms with Gasteiger partial charge in [-0.25, -0.2) is 0 Å². The Balaban J connectivity index is 1.92. The summed E-state index contributed by atoms with van der Waals surface area (Å²) in [5.74, 6) is -0.108. The summed E-state index contributed by atoms with van der Waals surface area (Å²) in [6.07, 6.45) is 2.38. The van der Waals surface area contributed by atoms with Crippen molar-refractivity contribution in [1.82, 2.24) is 4.57 Å². The van der Waals surface area contributed by atoms with Crippen molar-refractivity contribution in [2.24, 2.45) is 12.0 Å². The summed E-state index contributed by atoms with van der Waals surface area (Å²) in [5, 5.41) is 0. The predicted octanol–water partition coefficient (Wildman–Crippen LogP) is 4.25. The topological polar surface area (TPSA) is 34.4 Å². The molecule has 0 N–H and O–H groups in total. The number of rotatable bonds is 3. The van der Waals surface area contributed by atoms with Gasteiger partial charge in [0.25, 0.3) is 5.91 Å². The average Bonchev–Trinajstić information content (AvgIpc) is 2.83. The number of hydrogen-bond donors (Lipinski definition) is 0. The van der Waals surface area contributed by atoms with Crippen molar-refractivity contribution in [3.05, 3.63) is 57.9 Å². The van der Waals surface area contributed by atoms with Crippen LogP contribution in [0.15, 0.2) is 46.3 Å². The maximum Gasteiger partial charge on any atom is 0.252 e. The monoisotopic (exact) mass is 356 g/mol. The summed E-state index contributed by atoms with van der Waals surface area (Å²) < 4.78 is 3.19. The lowest BCUT2D eigenvalue weighted by Gasteiger charge is -2.02. The molecule has 0 aliphatic carbocycles. The standard InChI is InChI=1S/C19H20N2OS2/c1-12-9-13(2)18-16(10-12)24-19(21(18)3)20-17(22)11-14-5-7-15(23-4)8-6-14/h5-10H,11H2,1-4H3. The van der Waals surface area contributed by atoms with Crippen molar-refractivity contribution in [2.45, 2.75) is 25.2 Å². The van der Waals surface area contributed by atoms with Gasteiger partial charge in [-0.3, -0.25) is 4.79 Å². The molecule has 1 heterocycles. The Morgan fingerprint density at radius 1 is 1.21 bits per heavy atom. The van der Waals surface area contributed by atoms with Crippen LogP contribution in [-0.4, -0.2) is 16.7 Å². The first-order valence-corrected chi connectivity index (χ1v) is 9.79. The predicted molar refractivity (Wildman–Crippen MR) is 103 cm³/mol. The van der Waals surface area contributed by atoms with Crippen LogP contribution in [0.25, 0.3) is 10.2 Å². The lowest BCUT2D eigenvalue weighted by molar-refractivity contribution is -0.117. The van der Waals surface area contributed by atoms with Crippen LogP contribution in [0, 0.1) is 13.8 Å². The van der Waals surface area contributed by atoms with Crippen LogP contribution in [0.5, 0.6) is 0 Å². The molecular weight excluding hydrogens is 336 g/mol. The van der Waals surface area contributed by atoms with E-state index in [0.29, 0.717) is 6.42 Å². The first kappa shape index (κ1) is 17.0. The number of nitrogens with zero attached hydrogens (tertiary/aromatic N) is 2. The van der Waals surface area contributed by atoms with Crippen molar-refractivity contribution < 1.29 is 4.79 Å². The third-order valence-corrected chi connectivity index (χ3v) is 5.79. The van der Waals surface area contributed by atoms with Crippen LogP contribution >= 0.6 is 23.1 Å². The molecule has 0 saturated carbocycles. The second-order valence-electron chi connectivity index (χ2n) is 5.90. The van der Waals surface area contributed by atoms with Gasteiger partial charge in [-0.1, -0.05) is 29.5 Å². The number of fused-ring (bicyclic) bond motifs is 1. The van der Waals surface area contributed by atoms with E-state index in [9.17, 15) is 4.79 Å². The molecule has 24 heavy (non-hydrogen) atoms. The third kappa shape index (κ3) is 3.47. The molecular formula is C19H20N2OS2. The summed E-state index contributed by atoms with van der Waals surface area (Å²) >= 11 is 3.27. The molecule has 1 amide bonds. The number of benzene rings is 2. The summed E-state index contributed by atoms with van der Waals surface area (Å²) in [4.78, 5) is 18.6. The van der Waals surface area contributed by atoms with E-state index in [2.05, 4.69) is 31.0 Å². The normalized spacial score (nSPS) is 12.1. The highest BCUT2D eigenvalue weighted by atomic mass is 32.2. The zero-order chi connectivity index (χ0) is 17.3. The molecule has 0 aliphatic rings. The number of thioether (sulfide) groups is 1. The molecule has 124 valence electrons. The minimum Gasteiger partial charge on any atom is -0.319 e. The van der Waals surface area contributed by atoms with E-state index in [1.807, 2.05) is 42.1 Å². The van der Waals surface area contributed by atoms with Gasteiger partial charge in [-0.05, 0) is 55.0 Å². The molecule has 0 bridgehead atoms. The number of hydrogen-bond acceptors (Lipinski definition) is 3. The highest BCUT2D eigenvalue weighted by molar-refractivity contribution is 7.98. The highest BCUT2D eigenvalue weighted by Crippen LogP contribution is 2.22. The zero-order valence-electron chi connectivity index (χ0n) is 14.3. The van der Waals surface area contributed by atoms with Crippen LogP contribution in [0.2, 0.25) is 0 Å². The first-order chi connectivity index (χ1) is 11.5. The third-order valence-electron chi connectivity index (χ3n) is 3.97. The van der Waals surface area contributed by atoms with Crippen LogP contribution in [-0.2, 0) is 18.3 Å². The van der Waals surface area contributed by atoms with Gasteiger partial charge in [0, 0.05) is 11.9 Å². The van der Waals surface area contributed by atoms with Gasteiger partial charge in [0.1, 0.15) is 0 Å². The largest absolute Gasteiger partial charge is 0.319 e. The van der Waals surface area contributed by atoms with E-state index in [1.165, 1.54) is 20.7 Å².